The van der Waals surface area contributed by atoms with E-state index in [1.807, 2.05) is 27.8 Å². The van der Waals surface area contributed by atoms with Gasteiger partial charge in [-0.2, -0.15) is 5.10 Å². The topological polar surface area (TPSA) is 50.5 Å². The van der Waals surface area contributed by atoms with Crippen LogP contribution in [0.15, 0.2) is 12.7 Å². The molecule has 0 radical (unpaired) electrons. The summed E-state index contributed by atoms with van der Waals surface area (Å²) in [5, 5.41) is 14.4. The van der Waals surface area contributed by atoms with Gasteiger partial charge in [-0.15, -0.1) is 0 Å². The maximum atomic E-state index is 9.98. The van der Waals surface area contributed by atoms with Crippen molar-refractivity contribution in [2.75, 3.05) is 19.7 Å². The predicted molar refractivity (Wildman–Crippen MR) is 80.9 cm³/mol. The van der Waals surface area contributed by atoms with Gasteiger partial charge in [0.2, 0.25) is 5.88 Å². The molecule has 0 bridgehead atoms. The Balaban J connectivity index is 2.91. The molecule has 0 saturated carbocycles. The van der Waals surface area contributed by atoms with Crippen LogP contribution in [0.2, 0.25) is 0 Å². The first-order chi connectivity index (χ1) is 9.28. The molecular weight excluding hydrogens is 254 g/mol. The second kappa shape index (κ2) is 6.90. The second-order valence-electron chi connectivity index (χ2n) is 5.71. The molecule has 0 unspecified atom stereocenters. The Labute approximate surface area is 121 Å². The summed E-state index contributed by atoms with van der Waals surface area (Å²) in [6.45, 7) is 14.0. The van der Waals surface area contributed by atoms with Crippen molar-refractivity contribution in [2.24, 2.45) is 7.05 Å². The minimum Gasteiger partial charge on any atom is -0.473 e. The van der Waals surface area contributed by atoms with E-state index in [4.69, 9.17) is 4.74 Å². The number of aliphatic hydroxyl groups is 1. The Morgan fingerprint density at radius 3 is 2.65 bits per heavy atom. The SMILES string of the molecule is C=CCOc1c(CN(CC)CC(C)(C)O)c(C)nn1C. The molecule has 20 heavy (non-hydrogen) atoms. The number of hydrogen-bond acceptors (Lipinski definition) is 4. The van der Waals surface area contributed by atoms with E-state index in [1.165, 1.54) is 0 Å². The van der Waals surface area contributed by atoms with Gasteiger partial charge in [0.15, 0.2) is 0 Å². The minimum absolute atomic E-state index is 0.462. The highest BCUT2D eigenvalue weighted by Gasteiger charge is 2.21. The molecule has 0 amide bonds. The zero-order chi connectivity index (χ0) is 15.3. The van der Waals surface area contributed by atoms with Crippen molar-refractivity contribution in [1.82, 2.24) is 14.7 Å². The maximum absolute atomic E-state index is 9.98. The van der Waals surface area contributed by atoms with Crippen molar-refractivity contribution >= 4 is 0 Å². The van der Waals surface area contributed by atoms with Gasteiger partial charge in [-0.1, -0.05) is 19.6 Å². The molecular formula is C15H27N3O2. The quantitative estimate of drug-likeness (QED) is 0.739. The highest BCUT2D eigenvalue weighted by molar-refractivity contribution is 5.31. The molecule has 0 aliphatic rings. The van der Waals surface area contributed by atoms with E-state index in [2.05, 4.69) is 23.5 Å². The summed E-state index contributed by atoms with van der Waals surface area (Å²) in [6.07, 6.45) is 1.72. The Hall–Kier alpha value is -1.33. The fraction of sp³-hybridized carbons (Fsp3) is 0.667. The smallest absolute Gasteiger partial charge is 0.216 e. The van der Waals surface area contributed by atoms with Crippen molar-refractivity contribution < 1.29 is 9.84 Å². The fourth-order valence-corrected chi connectivity index (χ4v) is 2.23. The van der Waals surface area contributed by atoms with Gasteiger partial charge < -0.3 is 9.84 Å². The van der Waals surface area contributed by atoms with Crippen LogP contribution in [0.3, 0.4) is 0 Å². The lowest BCUT2D eigenvalue weighted by Crippen LogP contribution is -2.38. The largest absolute Gasteiger partial charge is 0.473 e. The van der Waals surface area contributed by atoms with Crippen LogP contribution in [0.4, 0.5) is 0 Å². The molecule has 0 saturated heterocycles. The van der Waals surface area contributed by atoms with Crippen molar-refractivity contribution in [2.45, 2.75) is 39.8 Å². The predicted octanol–water partition coefficient (Wildman–Crippen LogP) is 1.89. The summed E-state index contributed by atoms with van der Waals surface area (Å²) in [4.78, 5) is 2.19. The molecule has 1 N–H and O–H groups in total. The summed E-state index contributed by atoms with van der Waals surface area (Å²) in [7, 11) is 1.88. The van der Waals surface area contributed by atoms with E-state index in [1.54, 1.807) is 10.8 Å². The van der Waals surface area contributed by atoms with Gasteiger partial charge >= 0.3 is 0 Å². The maximum Gasteiger partial charge on any atom is 0.216 e. The molecule has 5 heteroatoms. The highest BCUT2D eigenvalue weighted by Crippen LogP contribution is 2.23. The lowest BCUT2D eigenvalue weighted by Gasteiger charge is -2.28. The number of aromatic nitrogens is 2. The summed E-state index contributed by atoms with van der Waals surface area (Å²) < 4.78 is 7.46. The second-order valence-corrected chi connectivity index (χ2v) is 5.71. The zero-order valence-corrected chi connectivity index (χ0v) is 13.3. The van der Waals surface area contributed by atoms with Crippen LogP contribution in [-0.4, -0.2) is 45.1 Å². The van der Waals surface area contributed by atoms with E-state index >= 15 is 0 Å². The van der Waals surface area contributed by atoms with Crippen LogP contribution < -0.4 is 4.74 Å². The molecule has 1 heterocycles. The molecule has 0 aliphatic carbocycles. The third kappa shape index (κ3) is 4.65. The number of nitrogens with zero attached hydrogens (tertiary/aromatic N) is 3. The average Bonchev–Trinajstić information content (AvgIpc) is 2.59. The Morgan fingerprint density at radius 1 is 1.50 bits per heavy atom. The van der Waals surface area contributed by atoms with Crippen LogP contribution in [-0.2, 0) is 13.6 Å². The first-order valence-electron chi connectivity index (χ1n) is 6.99. The molecule has 5 nitrogen and oxygen atoms in total. The third-order valence-electron chi connectivity index (χ3n) is 3.07. The molecule has 0 atom stereocenters. The van der Waals surface area contributed by atoms with Gasteiger partial charge in [-0.05, 0) is 27.3 Å². The Morgan fingerprint density at radius 2 is 2.15 bits per heavy atom. The van der Waals surface area contributed by atoms with Gasteiger partial charge in [0, 0.05) is 20.1 Å². The van der Waals surface area contributed by atoms with Crippen LogP contribution in [0, 0.1) is 6.92 Å². The van der Waals surface area contributed by atoms with Crippen LogP contribution >= 0.6 is 0 Å². The summed E-state index contributed by atoms with van der Waals surface area (Å²) in [5.41, 5.74) is 1.31. The number of rotatable bonds is 8. The fourth-order valence-electron chi connectivity index (χ4n) is 2.23. The minimum atomic E-state index is -0.714. The van der Waals surface area contributed by atoms with Crippen LogP contribution in [0.5, 0.6) is 5.88 Å². The lowest BCUT2D eigenvalue weighted by molar-refractivity contribution is 0.0350. The van der Waals surface area contributed by atoms with Crippen LogP contribution in [0.25, 0.3) is 0 Å². The number of aryl methyl sites for hydroxylation is 2. The summed E-state index contributed by atoms with van der Waals surface area (Å²) in [5.74, 6) is 0.775. The van der Waals surface area contributed by atoms with Crippen LogP contribution in [0.1, 0.15) is 32.0 Å². The van der Waals surface area contributed by atoms with E-state index in [0.717, 1.165) is 23.7 Å². The summed E-state index contributed by atoms with van der Waals surface area (Å²) in [6, 6.07) is 0. The lowest BCUT2D eigenvalue weighted by atomic mass is 10.1. The van der Waals surface area contributed by atoms with E-state index < -0.39 is 5.60 Å². The van der Waals surface area contributed by atoms with Crippen molar-refractivity contribution in [3.8, 4) is 5.88 Å². The number of likely N-dealkylation sites (N-methyl/N-ethyl adjacent to an activating group) is 1. The molecule has 0 aliphatic heterocycles. The van der Waals surface area contributed by atoms with Gasteiger partial charge in [0.25, 0.3) is 0 Å². The van der Waals surface area contributed by atoms with Crippen molar-refractivity contribution in [1.29, 1.82) is 0 Å². The van der Waals surface area contributed by atoms with Crippen molar-refractivity contribution in [3.63, 3.8) is 0 Å². The molecule has 0 spiro atoms. The van der Waals surface area contributed by atoms with Gasteiger partial charge in [-0.3, -0.25) is 4.90 Å². The standard InChI is InChI=1S/C15H27N3O2/c1-7-9-20-14-13(12(3)16-17(14)6)10-18(8-2)11-15(4,5)19/h7,19H,1,8-11H2,2-6H3. The van der Waals surface area contributed by atoms with E-state index in [0.29, 0.717) is 19.7 Å². The first kappa shape index (κ1) is 16.7. The molecule has 1 aromatic rings. The van der Waals surface area contributed by atoms with Gasteiger partial charge in [-0.25, -0.2) is 4.68 Å². The number of hydrogen-bond donors (Lipinski definition) is 1. The normalized spacial score (nSPS) is 11.9. The first-order valence-corrected chi connectivity index (χ1v) is 6.99. The summed E-state index contributed by atoms with van der Waals surface area (Å²) >= 11 is 0. The molecule has 0 aromatic carbocycles. The Kier molecular flexibility index (Phi) is 5.77. The molecule has 0 fully saturated rings. The van der Waals surface area contributed by atoms with Crippen molar-refractivity contribution in [3.05, 3.63) is 23.9 Å². The number of ether oxygens (including phenoxy) is 1. The van der Waals surface area contributed by atoms with E-state index in [-0.39, 0.29) is 0 Å². The third-order valence-corrected chi connectivity index (χ3v) is 3.07. The Bertz CT molecular complexity index is 447. The van der Waals surface area contributed by atoms with E-state index in [9.17, 15) is 5.11 Å². The van der Waals surface area contributed by atoms with Gasteiger partial charge in [0.1, 0.15) is 6.61 Å². The molecule has 1 aromatic heterocycles. The monoisotopic (exact) mass is 281 g/mol. The highest BCUT2D eigenvalue weighted by atomic mass is 16.5. The van der Waals surface area contributed by atoms with Gasteiger partial charge in [0.05, 0.1) is 16.9 Å². The molecule has 1 rings (SSSR count). The average molecular weight is 281 g/mol. The zero-order valence-electron chi connectivity index (χ0n) is 13.3. The molecule has 114 valence electrons.